The van der Waals surface area contributed by atoms with Gasteiger partial charge in [0.05, 0.1) is 6.61 Å². The predicted octanol–water partition coefficient (Wildman–Crippen LogP) is 1.20. The summed E-state index contributed by atoms with van der Waals surface area (Å²) in [6.07, 6.45) is 0. The number of nitrogens with two attached hydrogens (primary N) is 1. The summed E-state index contributed by atoms with van der Waals surface area (Å²) < 4.78 is 15.6. The Hall–Kier alpha value is 0.460. The molecule has 0 spiro atoms. The monoisotopic (exact) mass is 199 g/mol. The molecule has 0 aromatic heterocycles. The molecule has 0 bridgehead atoms. The van der Waals surface area contributed by atoms with Crippen molar-refractivity contribution in [2.75, 3.05) is 13.2 Å². The van der Waals surface area contributed by atoms with Crippen LogP contribution < -0.4 is 5.73 Å². The average Bonchev–Trinajstić information content (AvgIpc) is 1.86. The average molecular weight is 199 g/mol. The van der Waals surface area contributed by atoms with Gasteiger partial charge < -0.3 is 15.2 Å². The van der Waals surface area contributed by atoms with Crippen LogP contribution in [0, 0.1) is 0 Å². The lowest BCUT2D eigenvalue weighted by Gasteiger charge is -2.13. The summed E-state index contributed by atoms with van der Waals surface area (Å²) in [6.45, 7) is 0.658. The molecule has 0 amide bonds. The first-order valence-corrected chi connectivity index (χ1v) is 6.44. The molecule has 0 aliphatic rings. The van der Waals surface area contributed by atoms with Crippen LogP contribution >= 0.6 is 18.2 Å². The molecule has 0 saturated carbocycles. The lowest BCUT2D eigenvalue weighted by molar-refractivity contribution is 0.291. The first-order chi connectivity index (χ1) is 5.02. The minimum atomic E-state index is -3.43. The van der Waals surface area contributed by atoms with E-state index in [-0.39, 0.29) is 11.9 Å². The lowest BCUT2D eigenvalue weighted by atomic mass is 10.5. The van der Waals surface area contributed by atoms with Crippen LogP contribution in [-0.2, 0) is 9.09 Å². The Bertz CT molecular complexity index is 155. The fourth-order valence-corrected chi connectivity index (χ4v) is 3.51. The molecule has 2 unspecified atom stereocenters. The Balaban J connectivity index is 3.81. The highest BCUT2D eigenvalue weighted by Crippen LogP contribution is 2.57. The quantitative estimate of drug-likeness (QED) is 0.651. The van der Waals surface area contributed by atoms with Crippen LogP contribution in [0.3, 0.4) is 0 Å². The maximum Gasteiger partial charge on any atom is 0.386 e. The number of rotatable bonds is 5. The van der Waals surface area contributed by atoms with E-state index in [1.54, 1.807) is 13.8 Å². The molecule has 0 aliphatic carbocycles. The van der Waals surface area contributed by atoms with Crippen LogP contribution in [0.5, 0.6) is 0 Å². The van der Waals surface area contributed by atoms with Gasteiger partial charge in [0.1, 0.15) is 0 Å². The van der Waals surface area contributed by atoms with Gasteiger partial charge in [0.2, 0.25) is 0 Å². The third kappa shape index (κ3) is 5.70. The Morgan fingerprint density at radius 1 is 1.82 bits per heavy atom. The van der Waals surface area contributed by atoms with Crippen LogP contribution in [0.1, 0.15) is 13.8 Å². The van der Waals surface area contributed by atoms with Gasteiger partial charge in [-0.15, -0.1) is 0 Å². The van der Waals surface area contributed by atoms with Crippen molar-refractivity contribution in [2.24, 2.45) is 5.73 Å². The fourth-order valence-electron chi connectivity index (χ4n) is 0.464. The fraction of sp³-hybridized carbons (Fsp3) is 1.00. The lowest BCUT2D eigenvalue weighted by Crippen LogP contribution is -2.12. The Labute approximate surface area is 70.8 Å². The summed E-state index contributed by atoms with van der Waals surface area (Å²) in [5.74, 6) is 0. The van der Waals surface area contributed by atoms with Crippen LogP contribution in [0.25, 0.3) is 0 Å². The van der Waals surface area contributed by atoms with E-state index in [0.717, 1.165) is 11.4 Å². The van der Waals surface area contributed by atoms with Gasteiger partial charge in [0, 0.05) is 11.8 Å². The minimum Gasteiger partial charge on any atom is -0.329 e. The van der Waals surface area contributed by atoms with Crippen molar-refractivity contribution in [2.45, 2.75) is 19.1 Å². The molecule has 0 aromatic carbocycles. The molecule has 0 aromatic rings. The van der Waals surface area contributed by atoms with E-state index < -0.39 is 6.80 Å². The Morgan fingerprint density at radius 3 is 2.73 bits per heavy atom. The van der Waals surface area contributed by atoms with E-state index in [9.17, 15) is 4.57 Å². The summed E-state index contributed by atoms with van der Waals surface area (Å²) in [5.41, 5.74) is 5.27. The molecule has 11 heavy (non-hydrogen) atoms. The van der Waals surface area contributed by atoms with Gasteiger partial charge in [-0.2, -0.15) is 0 Å². The topological polar surface area (TPSA) is 72.5 Å². The van der Waals surface area contributed by atoms with Gasteiger partial charge in [-0.3, -0.25) is 0 Å². The Morgan fingerprint density at radius 2 is 2.36 bits per heavy atom. The normalized spacial score (nSPS) is 19.3. The van der Waals surface area contributed by atoms with Gasteiger partial charge in [-0.25, -0.2) is 4.57 Å². The van der Waals surface area contributed by atoms with E-state index in [0.29, 0.717) is 6.54 Å². The zero-order valence-corrected chi connectivity index (χ0v) is 8.40. The molecule has 0 rings (SSSR count). The second-order valence-corrected chi connectivity index (χ2v) is 6.27. The van der Waals surface area contributed by atoms with Crippen LogP contribution in [0.4, 0.5) is 0 Å². The summed E-state index contributed by atoms with van der Waals surface area (Å²) in [5, 5.41) is -0.0441. The first kappa shape index (κ1) is 11.5. The highest BCUT2D eigenvalue weighted by Gasteiger charge is 2.22. The summed E-state index contributed by atoms with van der Waals surface area (Å²) in [7, 11) is 0. The molecule has 0 saturated heterocycles. The standard InChI is InChI=1S/C5H14NO3PS/c1-3-9-10(7,8)11-5(2)4-6/h5H,3-4,6H2,1-2H3,(H,7,8). The molecule has 0 heterocycles. The van der Waals surface area contributed by atoms with Gasteiger partial charge >= 0.3 is 6.80 Å². The zero-order chi connectivity index (χ0) is 8.91. The largest absolute Gasteiger partial charge is 0.386 e. The molecule has 6 heteroatoms. The summed E-state index contributed by atoms with van der Waals surface area (Å²) in [4.78, 5) is 9.06. The van der Waals surface area contributed by atoms with Gasteiger partial charge in [-0.05, 0) is 18.3 Å². The molecule has 0 fully saturated rings. The van der Waals surface area contributed by atoms with Gasteiger partial charge in [0.25, 0.3) is 0 Å². The molecule has 68 valence electrons. The smallest absolute Gasteiger partial charge is 0.329 e. The van der Waals surface area contributed by atoms with Gasteiger partial charge in [0.15, 0.2) is 0 Å². The molecule has 2 atom stereocenters. The van der Waals surface area contributed by atoms with Gasteiger partial charge in [-0.1, -0.05) is 6.92 Å². The number of hydrogen-bond acceptors (Lipinski definition) is 4. The third-order valence-corrected chi connectivity index (χ3v) is 4.54. The second-order valence-electron chi connectivity index (χ2n) is 2.04. The van der Waals surface area contributed by atoms with Crippen molar-refractivity contribution in [1.29, 1.82) is 0 Å². The minimum absolute atomic E-state index is 0.0441. The molecule has 4 nitrogen and oxygen atoms in total. The molecular formula is C5H14NO3PS. The molecular weight excluding hydrogens is 185 g/mol. The molecule has 0 radical (unpaired) electrons. The predicted molar refractivity (Wildman–Crippen MR) is 47.6 cm³/mol. The maximum atomic E-state index is 11.0. The highest BCUT2D eigenvalue weighted by atomic mass is 32.7. The van der Waals surface area contributed by atoms with Crippen molar-refractivity contribution in [3.63, 3.8) is 0 Å². The number of hydrogen-bond donors (Lipinski definition) is 2. The SMILES string of the molecule is CCOP(=O)(O)SC(C)CN. The van der Waals surface area contributed by atoms with Crippen LogP contribution in [0.15, 0.2) is 0 Å². The van der Waals surface area contributed by atoms with Crippen molar-refractivity contribution < 1.29 is 14.0 Å². The molecule has 0 aliphatic heterocycles. The molecule has 3 N–H and O–H groups in total. The third-order valence-electron chi connectivity index (χ3n) is 0.937. The van der Waals surface area contributed by atoms with Crippen molar-refractivity contribution in [3.8, 4) is 0 Å². The van der Waals surface area contributed by atoms with Crippen molar-refractivity contribution in [3.05, 3.63) is 0 Å². The summed E-state index contributed by atoms with van der Waals surface area (Å²) >= 11 is 0.890. The van der Waals surface area contributed by atoms with Crippen molar-refractivity contribution >= 4 is 18.2 Å². The van der Waals surface area contributed by atoms with E-state index >= 15 is 0 Å². The van der Waals surface area contributed by atoms with Crippen LogP contribution in [-0.4, -0.2) is 23.3 Å². The van der Waals surface area contributed by atoms with Crippen molar-refractivity contribution in [1.82, 2.24) is 0 Å². The maximum absolute atomic E-state index is 11.0. The summed E-state index contributed by atoms with van der Waals surface area (Å²) in [6, 6.07) is 0. The highest BCUT2D eigenvalue weighted by molar-refractivity contribution is 8.55. The van der Waals surface area contributed by atoms with E-state index in [1.807, 2.05) is 0 Å². The van der Waals surface area contributed by atoms with E-state index in [4.69, 9.17) is 10.6 Å². The Kier molecular flexibility index (Phi) is 5.38. The van der Waals surface area contributed by atoms with Crippen LogP contribution in [0.2, 0.25) is 0 Å². The van der Waals surface area contributed by atoms with E-state index in [1.165, 1.54) is 0 Å². The second kappa shape index (κ2) is 5.17. The van der Waals surface area contributed by atoms with E-state index in [2.05, 4.69) is 4.52 Å². The zero-order valence-electron chi connectivity index (χ0n) is 6.69. The first-order valence-electron chi connectivity index (χ1n) is 3.37.